The summed E-state index contributed by atoms with van der Waals surface area (Å²) < 4.78 is 27.4. The molecule has 4 nitrogen and oxygen atoms in total. The van der Waals surface area contributed by atoms with Crippen LogP contribution in [0.5, 0.6) is 0 Å². The molecule has 112 valence electrons. The van der Waals surface area contributed by atoms with Gasteiger partial charge in [0.15, 0.2) is 0 Å². The first kappa shape index (κ1) is 14.5. The van der Waals surface area contributed by atoms with Gasteiger partial charge in [0, 0.05) is 11.1 Å². The summed E-state index contributed by atoms with van der Waals surface area (Å²) in [5.74, 6) is -0.0595. The van der Waals surface area contributed by atoms with Crippen LogP contribution >= 0.6 is 0 Å². The molecule has 0 saturated heterocycles. The van der Waals surface area contributed by atoms with Crippen molar-refractivity contribution in [1.82, 2.24) is 4.98 Å². The lowest BCUT2D eigenvalue weighted by Crippen LogP contribution is -2.15. The number of para-hydroxylation sites is 1. The molecule has 0 aliphatic rings. The first-order chi connectivity index (χ1) is 10.5. The molecule has 0 radical (unpaired) electrons. The standard InChI is InChI=1S/C17H16N2O2S/c1-13-10-11-15-8-5-9-16(17(15)18-13)19-22(20,21)12-14-6-3-2-4-7-14/h2-11,19H,12H2,1H3. The highest BCUT2D eigenvalue weighted by atomic mass is 32.2. The molecule has 2 aromatic carbocycles. The Hall–Kier alpha value is -2.40. The van der Waals surface area contributed by atoms with E-state index in [0.29, 0.717) is 11.2 Å². The van der Waals surface area contributed by atoms with Crippen LogP contribution in [-0.2, 0) is 15.8 Å². The average Bonchev–Trinajstić information content (AvgIpc) is 2.48. The van der Waals surface area contributed by atoms with Gasteiger partial charge in [0.1, 0.15) is 0 Å². The smallest absolute Gasteiger partial charge is 0.236 e. The molecule has 0 saturated carbocycles. The van der Waals surface area contributed by atoms with Gasteiger partial charge < -0.3 is 0 Å². The van der Waals surface area contributed by atoms with Crippen molar-refractivity contribution in [2.24, 2.45) is 0 Å². The number of benzene rings is 2. The molecule has 5 heteroatoms. The lowest BCUT2D eigenvalue weighted by molar-refractivity contribution is 0.600. The van der Waals surface area contributed by atoms with Crippen molar-refractivity contribution in [3.8, 4) is 0 Å². The molecule has 1 aromatic heterocycles. The van der Waals surface area contributed by atoms with Gasteiger partial charge in [-0.15, -0.1) is 0 Å². The first-order valence-corrected chi connectivity index (χ1v) is 8.59. The van der Waals surface area contributed by atoms with Crippen LogP contribution in [0.3, 0.4) is 0 Å². The summed E-state index contributed by atoms with van der Waals surface area (Å²) in [6.45, 7) is 1.88. The van der Waals surface area contributed by atoms with Gasteiger partial charge in [0.2, 0.25) is 10.0 Å². The number of sulfonamides is 1. The van der Waals surface area contributed by atoms with E-state index in [2.05, 4.69) is 9.71 Å². The summed E-state index contributed by atoms with van der Waals surface area (Å²) in [7, 11) is -3.48. The third kappa shape index (κ3) is 3.26. The van der Waals surface area contributed by atoms with Gasteiger partial charge in [-0.2, -0.15) is 0 Å². The van der Waals surface area contributed by atoms with E-state index in [1.54, 1.807) is 18.2 Å². The number of nitrogens with zero attached hydrogens (tertiary/aromatic N) is 1. The highest BCUT2D eigenvalue weighted by Crippen LogP contribution is 2.23. The van der Waals surface area contributed by atoms with Crippen LogP contribution in [-0.4, -0.2) is 13.4 Å². The molecule has 3 aromatic rings. The van der Waals surface area contributed by atoms with Gasteiger partial charge in [-0.25, -0.2) is 8.42 Å². The fourth-order valence-electron chi connectivity index (χ4n) is 2.32. The normalized spacial score (nSPS) is 11.5. The number of nitrogens with one attached hydrogen (secondary N) is 1. The lowest BCUT2D eigenvalue weighted by Gasteiger charge is -2.10. The zero-order valence-electron chi connectivity index (χ0n) is 12.2. The minimum atomic E-state index is -3.48. The Labute approximate surface area is 129 Å². The number of aromatic nitrogens is 1. The summed E-state index contributed by atoms with van der Waals surface area (Å²) in [6.07, 6.45) is 0. The zero-order valence-corrected chi connectivity index (χ0v) is 13.0. The van der Waals surface area contributed by atoms with Gasteiger partial charge >= 0.3 is 0 Å². The number of anilines is 1. The van der Waals surface area contributed by atoms with Crippen molar-refractivity contribution in [3.63, 3.8) is 0 Å². The van der Waals surface area contributed by atoms with Gasteiger partial charge in [0.05, 0.1) is 17.0 Å². The topological polar surface area (TPSA) is 59.1 Å². The summed E-state index contributed by atoms with van der Waals surface area (Å²) in [4.78, 5) is 4.44. The molecule has 0 atom stereocenters. The Kier molecular flexibility index (Phi) is 3.81. The van der Waals surface area contributed by atoms with Gasteiger partial charge in [0.25, 0.3) is 0 Å². The fraction of sp³-hybridized carbons (Fsp3) is 0.118. The summed E-state index contributed by atoms with van der Waals surface area (Å²) in [5, 5.41) is 0.908. The predicted molar refractivity (Wildman–Crippen MR) is 89.2 cm³/mol. The van der Waals surface area contributed by atoms with Crippen LogP contribution in [0.2, 0.25) is 0 Å². The minimum Gasteiger partial charge on any atom is -0.281 e. The second-order valence-corrected chi connectivity index (χ2v) is 6.90. The Morgan fingerprint density at radius 3 is 2.50 bits per heavy atom. The molecule has 0 bridgehead atoms. The molecule has 0 unspecified atom stereocenters. The lowest BCUT2D eigenvalue weighted by atomic mass is 10.2. The fourth-order valence-corrected chi connectivity index (χ4v) is 3.53. The number of rotatable bonds is 4. The van der Waals surface area contributed by atoms with Crippen molar-refractivity contribution in [3.05, 3.63) is 71.9 Å². The molecule has 0 aliphatic carbocycles. The largest absolute Gasteiger partial charge is 0.281 e. The number of fused-ring (bicyclic) bond motifs is 1. The molecule has 1 heterocycles. The Morgan fingerprint density at radius 2 is 1.73 bits per heavy atom. The second kappa shape index (κ2) is 5.77. The quantitative estimate of drug-likeness (QED) is 0.802. The third-order valence-corrected chi connectivity index (χ3v) is 4.57. The van der Waals surface area contributed by atoms with E-state index in [0.717, 1.165) is 16.6 Å². The predicted octanol–water partition coefficient (Wildman–Crippen LogP) is 3.49. The first-order valence-electron chi connectivity index (χ1n) is 6.94. The molecule has 22 heavy (non-hydrogen) atoms. The molecule has 0 aliphatic heterocycles. The van der Waals surface area contributed by atoms with Gasteiger partial charge in [-0.1, -0.05) is 48.5 Å². The minimum absolute atomic E-state index is 0.0595. The number of pyridine rings is 1. The molecule has 3 rings (SSSR count). The molecule has 0 spiro atoms. The highest BCUT2D eigenvalue weighted by Gasteiger charge is 2.13. The number of hydrogen-bond acceptors (Lipinski definition) is 3. The molecule has 1 N–H and O–H groups in total. The van der Waals surface area contributed by atoms with Crippen molar-refractivity contribution in [2.45, 2.75) is 12.7 Å². The number of aryl methyl sites for hydroxylation is 1. The summed E-state index contributed by atoms with van der Waals surface area (Å²) in [5.41, 5.74) is 2.78. The molecule has 0 fully saturated rings. The Morgan fingerprint density at radius 1 is 0.955 bits per heavy atom. The van der Waals surface area contributed by atoms with E-state index in [-0.39, 0.29) is 5.75 Å². The average molecular weight is 312 g/mol. The highest BCUT2D eigenvalue weighted by molar-refractivity contribution is 7.91. The molecular weight excluding hydrogens is 296 g/mol. The third-order valence-electron chi connectivity index (χ3n) is 3.32. The Bertz CT molecular complexity index is 906. The maximum Gasteiger partial charge on any atom is 0.236 e. The van der Waals surface area contributed by atoms with Crippen LogP contribution in [0.25, 0.3) is 10.9 Å². The summed E-state index contributed by atoms with van der Waals surface area (Å²) in [6, 6.07) is 18.4. The van der Waals surface area contributed by atoms with Crippen LogP contribution in [0.4, 0.5) is 5.69 Å². The van der Waals surface area contributed by atoms with Crippen molar-refractivity contribution in [1.29, 1.82) is 0 Å². The maximum atomic E-state index is 12.4. The van der Waals surface area contributed by atoms with Crippen molar-refractivity contribution >= 4 is 26.6 Å². The van der Waals surface area contributed by atoms with Crippen molar-refractivity contribution < 1.29 is 8.42 Å². The second-order valence-electron chi connectivity index (χ2n) is 5.18. The number of hydrogen-bond donors (Lipinski definition) is 1. The SMILES string of the molecule is Cc1ccc2cccc(NS(=O)(=O)Cc3ccccc3)c2n1. The molecule has 0 amide bonds. The van der Waals surface area contributed by atoms with E-state index in [1.165, 1.54) is 0 Å². The van der Waals surface area contributed by atoms with Crippen LogP contribution < -0.4 is 4.72 Å². The Balaban J connectivity index is 1.94. The van der Waals surface area contributed by atoms with Crippen LogP contribution in [0.1, 0.15) is 11.3 Å². The van der Waals surface area contributed by atoms with Gasteiger partial charge in [-0.05, 0) is 24.6 Å². The maximum absolute atomic E-state index is 12.4. The van der Waals surface area contributed by atoms with Crippen molar-refractivity contribution in [2.75, 3.05) is 4.72 Å². The van der Waals surface area contributed by atoms with E-state index >= 15 is 0 Å². The van der Waals surface area contributed by atoms with E-state index in [1.807, 2.05) is 49.4 Å². The zero-order chi connectivity index (χ0) is 15.6. The van der Waals surface area contributed by atoms with Crippen LogP contribution in [0.15, 0.2) is 60.7 Å². The van der Waals surface area contributed by atoms with E-state index in [4.69, 9.17) is 0 Å². The molecular formula is C17H16N2O2S. The van der Waals surface area contributed by atoms with Gasteiger partial charge in [-0.3, -0.25) is 9.71 Å². The van der Waals surface area contributed by atoms with E-state index < -0.39 is 10.0 Å². The summed E-state index contributed by atoms with van der Waals surface area (Å²) >= 11 is 0. The monoisotopic (exact) mass is 312 g/mol. The van der Waals surface area contributed by atoms with Crippen LogP contribution in [0, 0.1) is 6.92 Å². The van der Waals surface area contributed by atoms with E-state index in [9.17, 15) is 8.42 Å².